The monoisotopic (exact) mass is 269 g/mol. The van der Waals surface area contributed by atoms with Gasteiger partial charge in [0.2, 0.25) is 10.0 Å². The first-order valence-corrected chi connectivity index (χ1v) is 7.81. The van der Waals surface area contributed by atoms with Crippen LogP contribution in [0.3, 0.4) is 0 Å². The van der Waals surface area contributed by atoms with Crippen LogP contribution in [0.5, 0.6) is 0 Å². The molecule has 18 heavy (non-hydrogen) atoms. The average molecular weight is 269 g/mol. The molecule has 2 aliphatic carbocycles. The maximum Gasteiger partial charge on any atom is 0.214 e. The third kappa shape index (κ3) is 2.29. The van der Waals surface area contributed by atoms with Crippen molar-refractivity contribution in [1.82, 2.24) is 4.72 Å². The molecule has 0 unspecified atom stereocenters. The lowest BCUT2D eigenvalue weighted by Gasteiger charge is -2.16. The molecule has 5 heteroatoms. The van der Waals surface area contributed by atoms with Crippen LogP contribution in [-0.2, 0) is 15.4 Å². The van der Waals surface area contributed by atoms with Crippen LogP contribution in [0.4, 0.5) is 4.39 Å². The second-order valence-corrected chi connectivity index (χ2v) is 7.40. The molecule has 1 aromatic rings. The van der Waals surface area contributed by atoms with Crippen LogP contribution < -0.4 is 4.72 Å². The van der Waals surface area contributed by atoms with Crippen molar-refractivity contribution in [3.8, 4) is 0 Å². The maximum atomic E-state index is 12.9. The fraction of sp³-hybridized carbons (Fsp3) is 0.538. The van der Waals surface area contributed by atoms with Crippen LogP contribution in [0.2, 0.25) is 0 Å². The van der Waals surface area contributed by atoms with Gasteiger partial charge >= 0.3 is 0 Å². The SMILES string of the molecule is O=S(=O)(NCC1(c2ccc(F)cc2)CC1)C1CC1. The molecule has 0 atom stereocenters. The molecule has 0 bridgehead atoms. The zero-order chi connectivity index (χ0) is 12.8. The topological polar surface area (TPSA) is 46.2 Å². The highest BCUT2D eigenvalue weighted by Crippen LogP contribution is 2.47. The van der Waals surface area contributed by atoms with Crippen molar-refractivity contribution in [3.05, 3.63) is 35.6 Å². The summed E-state index contributed by atoms with van der Waals surface area (Å²) in [5, 5.41) is -0.179. The molecule has 0 aromatic heterocycles. The normalized spacial score (nSPS) is 21.8. The summed E-state index contributed by atoms with van der Waals surface area (Å²) in [4.78, 5) is 0. The minimum absolute atomic E-state index is 0.102. The Kier molecular flexibility index (Phi) is 2.71. The standard InChI is InChI=1S/C13H16FNO2S/c14-11-3-1-10(2-4-11)13(7-8-13)9-15-18(16,17)12-5-6-12/h1-4,12,15H,5-9H2. The Morgan fingerprint density at radius 1 is 1.22 bits per heavy atom. The largest absolute Gasteiger partial charge is 0.214 e. The van der Waals surface area contributed by atoms with Crippen LogP contribution in [0.25, 0.3) is 0 Å². The molecule has 2 aliphatic rings. The molecule has 2 fully saturated rings. The number of benzene rings is 1. The van der Waals surface area contributed by atoms with Crippen molar-refractivity contribution in [1.29, 1.82) is 0 Å². The smallest absolute Gasteiger partial charge is 0.214 e. The van der Waals surface area contributed by atoms with Gasteiger partial charge in [0.15, 0.2) is 0 Å². The third-order valence-corrected chi connectivity index (χ3v) is 5.78. The van der Waals surface area contributed by atoms with Crippen LogP contribution >= 0.6 is 0 Å². The van der Waals surface area contributed by atoms with E-state index in [1.54, 1.807) is 12.1 Å². The molecular weight excluding hydrogens is 253 g/mol. The quantitative estimate of drug-likeness (QED) is 0.888. The third-order valence-electron chi connectivity index (χ3n) is 3.89. The van der Waals surface area contributed by atoms with Crippen molar-refractivity contribution in [2.24, 2.45) is 0 Å². The highest BCUT2D eigenvalue weighted by molar-refractivity contribution is 7.90. The maximum absolute atomic E-state index is 12.9. The van der Waals surface area contributed by atoms with Gasteiger partial charge in [-0.15, -0.1) is 0 Å². The Balaban J connectivity index is 1.70. The fourth-order valence-corrected chi connectivity index (χ4v) is 3.73. The van der Waals surface area contributed by atoms with E-state index in [4.69, 9.17) is 0 Å². The Morgan fingerprint density at radius 2 is 1.83 bits per heavy atom. The van der Waals surface area contributed by atoms with E-state index in [0.717, 1.165) is 31.2 Å². The van der Waals surface area contributed by atoms with Crippen molar-refractivity contribution in [3.63, 3.8) is 0 Å². The zero-order valence-electron chi connectivity index (χ0n) is 10.0. The molecule has 1 aromatic carbocycles. The number of hydrogen-bond acceptors (Lipinski definition) is 2. The van der Waals surface area contributed by atoms with Gasteiger partial charge < -0.3 is 0 Å². The predicted molar refractivity (Wildman–Crippen MR) is 67.3 cm³/mol. The van der Waals surface area contributed by atoms with Crippen molar-refractivity contribution in [2.75, 3.05) is 6.54 Å². The van der Waals surface area contributed by atoms with Crippen molar-refractivity contribution >= 4 is 10.0 Å². The number of nitrogens with one attached hydrogen (secondary N) is 1. The van der Waals surface area contributed by atoms with E-state index in [0.29, 0.717) is 6.54 Å². The highest BCUT2D eigenvalue weighted by atomic mass is 32.2. The summed E-state index contributed by atoms with van der Waals surface area (Å²) < 4.78 is 39.2. The lowest BCUT2D eigenvalue weighted by molar-refractivity contribution is 0.565. The van der Waals surface area contributed by atoms with Crippen molar-refractivity contribution in [2.45, 2.75) is 36.3 Å². The second kappa shape index (κ2) is 4.03. The van der Waals surface area contributed by atoms with E-state index in [9.17, 15) is 12.8 Å². The Bertz CT molecular complexity index is 545. The first kappa shape index (κ1) is 12.1. The van der Waals surface area contributed by atoms with E-state index in [1.165, 1.54) is 12.1 Å². The molecule has 98 valence electrons. The van der Waals surface area contributed by atoms with Crippen molar-refractivity contribution < 1.29 is 12.8 Å². The molecule has 0 heterocycles. The summed E-state index contributed by atoms with van der Waals surface area (Å²) in [5.41, 5.74) is 0.928. The van der Waals surface area contributed by atoms with E-state index in [1.807, 2.05) is 0 Å². The Hall–Kier alpha value is -0.940. The molecule has 0 aliphatic heterocycles. The fourth-order valence-electron chi connectivity index (χ4n) is 2.26. The molecule has 0 amide bonds. The lowest BCUT2D eigenvalue weighted by Crippen LogP contribution is -2.34. The van der Waals surface area contributed by atoms with Gasteiger partial charge in [-0.1, -0.05) is 12.1 Å². The number of rotatable bonds is 5. The average Bonchev–Trinajstić information content (AvgIpc) is 3.21. The van der Waals surface area contributed by atoms with Crippen LogP contribution in [0.1, 0.15) is 31.2 Å². The molecule has 3 rings (SSSR count). The van der Waals surface area contributed by atoms with Crippen LogP contribution in [0, 0.1) is 5.82 Å². The van der Waals surface area contributed by atoms with Gasteiger partial charge in [-0.3, -0.25) is 0 Å². The number of halogens is 1. The molecule has 3 nitrogen and oxygen atoms in total. The minimum Gasteiger partial charge on any atom is -0.214 e. The molecule has 0 spiro atoms. The molecule has 2 saturated carbocycles. The van der Waals surface area contributed by atoms with Gasteiger partial charge in [-0.05, 0) is 43.4 Å². The van der Waals surface area contributed by atoms with E-state index >= 15 is 0 Å². The van der Waals surface area contributed by atoms with Gasteiger partial charge in [0.1, 0.15) is 5.82 Å². The summed E-state index contributed by atoms with van der Waals surface area (Å²) in [5.74, 6) is -0.256. The second-order valence-electron chi connectivity index (χ2n) is 5.35. The van der Waals surface area contributed by atoms with Gasteiger partial charge in [0.25, 0.3) is 0 Å². The van der Waals surface area contributed by atoms with E-state index < -0.39 is 10.0 Å². The van der Waals surface area contributed by atoms with Gasteiger partial charge in [0, 0.05) is 12.0 Å². The summed E-state index contributed by atoms with van der Waals surface area (Å²) in [6.45, 7) is 0.442. The summed E-state index contributed by atoms with van der Waals surface area (Å²) in [7, 11) is -3.12. The highest BCUT2D eigenvalue weighted by Gasteiger charge is 2.46. The summed E-state index contributed by atoms with van der Waals surface area (Å²) >= 11 is 0. The molecule has 0 radical (unpaired) electrons. The molecule has 0 saturated heterocycles. The summed E-state index contributed by atoms with van der Waals surface area (Å²) in [6.07, 6.45) is 3.48. The van der Waals surface area contributed by atoms with E-state index in [-0.39, 0.29) is 16.5 Å². The van der Waals surface area contributed by atoms with E-state index in [2.05, 4.69) is 4.72 Å². The Morgan fingerprint density at radius 3 is 2.33 bits per heavy atom. The van der Waals surface area contributed by atoms with Gasteiger partial charge in [-0.2, -0.15) is 0 Å². The minimum atomic E-state index is -3.12. The predicted octanol–water partition coefficient (Wildman–Crippen LogP) is 1.94. The first-order chi connectivity index (χ1) is 8.52. The lowest BCUT2D eigenvalue weighted by atomic mass is 9.96. The van der Waals surface area contributed by atoms with Gasteiger partial charge in [0.05, 0.1) is 5.25 Å². The van der Waals surface area contributed by atoms with Gasteiger partial charge in [-0.25, -0.2) is 17.5 Å². The number of hydrogen-bond donors (Lipinski definition) is 1. The molecular formula is C13H16FNO2S. The summed E-state index contributed by atoms with van der Waals surface area (Å²) in [6, 6.07) is 6.39. The Labute approximate surface area is 106 Å². The number of sulfonamides is 1. The van der Waals surface area contributed by atoms with Crippen LogP contribution in [0.15, 0.2) is 24.3 Å². The molecule has 1 N–H and O–H groups in total. The van der Waals surface area contributed by atoms with Crippen LogP contribution in [-0.4, -0.2) is 20.2 Å². The first-order valence-electron chi connectivity index (χ1n) is 6.26. The zero-order valence-corrected chi connectivity index (χ0v) is 10.8.